The van der Waals surface area contributed by atoms with Crippen LogP contribution in [-0.2, 0) is 4.79 Å². The van der Waals surface area contributed by atoms with Crippen LogP contribution in [0.3, 0.4) is 0 Å². The van der Waals surface area contributed by atoms with Crippen LogP contribution < -0.4 is 11.1 Å². The summed E-state index contributed by atoms with van der Waals surface area (Å²) in [5, 5.41) is 3.31. The molecular formula is C15H22ClN3O. The van der Waals surface area contributed by atoms with Crippen LogP contribution in [0.25, 0.3) is 0 Å². The fraction of sp³-hybridized carbons (Fsp3) is 0.533. The van der Waals surface area contributed by atoms with Gasteiger partial charge in [-0.1, -0.05) is 25.4 Å². The third-order valence-corrected chi connectivity index (χ3v) is 4.20. The van der Waals surface area contributed by atoms with E-state index in [1.54, 1.807) is 18.2 Å². The Morgan fingerprint density at radius 2 is 2.30 bits per heavy atom. The molecule has 0 saturated carbocycles. The molecule has 0 aliphatic carbocycles. The summed E-state index contributed by atoms with van der Waals surface area (Å²) in [6, 6.07) is 5.10. The van der Waals surface area contributed by atoms with Crippen molar-refractivity contribution in [2.45, 2.75) is 20.3 Å². The van der Waals surface area contributed by atoms with Crippen molar-refractivity contribution in [1.82, 2.24) is 4.90 Å². The molecular weight excluding hydrogens is 274 g/mol. The predicted molar refractivity (Wildman–Crippen MR) is 83.9 cm³/mol. The van der Waals surface area contributed by atoms with Gasteiger partial charge >= 0.3 is 0 Å². The molecule has 0 spiro atoms. The summed E-state index contributed by atoms with van der Waals surface area (Å²) in [5.74, 6) is 1.35. The van der Waals surface area contributed by atoms with Gasteiger partial charge in [-0.25, -0.2) is 0 Å². The molecule has 4 nitrogen and oxygen atoms in total. The molecule has 2 rings (SSSR count). The van der Waals surface area contributed by atoms with Gasteiger partial charge in [0.2, 0.25) is 5.91 Å². The molecule has 1 aliphatic heterocycles. The molecule has 1 saturated heterocycles. The number of nitrogens with zero attached hydrogens (tertiary/aromatic N) is 1. The highest BCUT2D eigenvalue weighted by Gasteiger charge is 2.26. The monoisotopic (exact) mass is 295 g/mol. The van der Waals surface area contributed by atoms with Crippen molar-refractivity contribution >= 4 is 28.9 Å². The number of likely N-dealkylation sites (tertiary alicyclic amines) is 1. The SMILES string of the molecule is CC(C)C1CCN(CC(=O)Nc2ccc(N)cc2Cl)C1. The van der Waals surface area contributed by atoms with Crippen molar-refractivity contribution < 1.29 is 4.79 Å². The van der Waals surface area contributed by atoms with Crippen molar-refractivity contribution in [3.8, 4) is 0 Å². The molecule has 1 unspecified atom stereocenters. The van der Waals surface area contributed by atoms with Crippen molar-refractivity contribution in [2.24, 2.45) is 11.8 Å². The van der Waals surface area contributed by atoms with Crippen LogP contribution in [0.5, 0.6) is 0 Å². The van der Waals surface area contributed by atoms with Gasteiger partial charge in [0.15, 0.2) is 0 Å². The molecule has 1 amide bonds. The minimum absolute atomic E-state index is 0.0268. The summed E-state index contributed by atoms with van der Waals surface area (Å²) in [6.45, 7) is 6.89. The molecule has 3 N–H and O–H groups in total. The van der Waals surface area contributed by atoms with E-state index in [0.717, 1.165) is 13.1 Å². The van der Waals surface area contributed by atoms with Gasteiger partial charge in [0.05, 0.1) is 17.3 Å². The maximum atomic E-state index is 12.0. The highest BCUT2D eigenvalue weighted by Crippen LogP contribution is 2.25. The number of halogens is 1. The summed E-state index contributed by atoms with van der Waals surface area (Å²) < 4.78 is 0. The number of nitrogens with two attached hydrogens (primary N) is 1. The van der Waals surface area contributed by atoms with Crippen molar-refractivity contribution in [2.75, 3.05) is 30.7 Å². The van der Waals surface area contributed by atoms with E-state index < -0.39 is 0 Å². The Balaban J connectivity index is 1.87. The van der Waals surface area contributed by atoms with E-state index in [1.165, 1.54) is 6.42 Å². The average molecular weight is 296 g/mol. The zero-order chi connectivity index (χ0) is 14.7. The van der Waals surface area contributed by atoms with Crippen LogP contribution >= 0.6 is 11.6 Å². The predicted octanol–water partition coefficient (Wildman–Crippen LogP) is 2.84. The molecule has 0 radical (unpaired) electrons. The second kappa shape index (κ2) is 6.46. The molecule has 0 aromatic heterocycles. The zero-order valence-electron chi connectivity index (χ0n) is 12.0. The zero-order valence-corrected chi connectivity index (χ0v) is 12.8. The first kappa shape index (κ1) is 15.1. The summed E-state index contributed by atoms with van der Waals surface area (Å²) in [5.41, 5.74) is 6.83. The quantitative estimate of drug-likeness (QED) is 0.840. The number of anilines is 2. The molecule has 1 atom stereocenters. The highest BCUT2D eigenvalue weighted by molar-refractivity contribution is 6.34. The van der Waals surface area contributed by atoms with E-state index in [9.17, 15) is 4.79 Å². The topological polar surface area (TPSA) is 58.4 Å². The Kier molecular flexibility index (Phi) is 4.89. The van der Waals surface area contributed by atoms with Gasteiger partial charge in [0.25, 0.3) is 0 Å². The van der Waals surface area contributed by atoms with E-state index in [4.69, 9.17) is 17.3 Å². The number of rotatable bonds is 4. The van der Waals surface area contributed by atoms with Gasteiger partial charge in [-0.15, -0.1) is 0 Å². The minimum Gasteiger partial charge on any atom is -0.399 e. The largest absolute Gasteiger partial charge is 0.399 e. The Bertz CT molecular complexity index is 490. The molecule has 1 aliphatic rings. The normalized spacial score (nSPS) is 19.5. The first-order valence-electron chi connectivity index (χ1n) is 7.03. The highest BCUT2D eigenvalue weighted by atomic mass is 35.5. The standard InChI is InChI=1S/C15H22ClN3O/c1-10(2)11-5-6-19(8-11)9-15(20)18-14-4-3-12(17)7-13(14)16/h3-4,7,10-11H,5-6,8-9,17H2,1-2H3,(H,18,20). The number of amides is 1. The third kappa shape index (κ3) is 3.87. The fourth-order valence-electron chi connectivity index (χ4n) is 2.58. The second-order valence-electron chi connectivity index (χ2n) is 5.82. The van der Waals surface area contributed by atoms with E-state index in [2.05, 4.69) is 24.1 Å². The van der Waals surface area contributed by atoms with Gasteiger partial charge in [0, 0.05) is 12.2 Å². The van der Waals surface area contributed by atoms with E-state index in [0.29, 0.717) is 34.8 Å². The molecule has 110 valence electrons. The Labute approximate surface area is 125 Å². The summed E-state index contributed by atoms with van der Waals surface area (Å²) in [7, 11) is 0. The Morgan fingerprint density at radius 1 is 1.55 bits per heavy atom. The summed E-state index contributed by atoms with van der Waals surface area (Å²) in [4.78, 5) is 14.2. The lowest BCUT2D eigenvalue weighted by atomic mass is 9.95. The van der Waals surface area contributed by atoms with Crippen LogP contribution in [0, 0.1) is 11.8 Å². The van der Waals surface area contributed by atoms with Crippen molar-refractivity contribution in [3.05, 3.63) is 23.2 Å². The van der Waals surface area contributed by atoms with Crippen LogP contribution in [0.1, 0.15) is 20.3 Å². The minimum atomic E-state index is -0.0268. The molecule has 20 heavy (non-hydrogen) atoms. The van der Waals surface area contributed by atoms with Gasteiger partial charge in [-0.2, -0.15) is 0 Å². The lowest BCUT2D eigenvalue weighted by molar-refractivity contribution is -0.117. The van der Waals surface area contributed by atoms with Crippen LogP contribution in [0.2, 0.25) is 5.02 Å². The van der Waals surface area contributed by atoms with Crippen LogP contribution in [0.15, 0.2) is 18.2 Å². The van der Waals surface area contributed by atoms with E-state index >= 15 is 0 Å². The van der Waals surface area contributed by atoms with Gasteiger partial charge < -0.3 is 11.1 Å². The van der Waals surface area contributed by atoms with Gasteiger partial charge in [0.1, 0.15) is 0 Å². The van der Waals surface area contributed by atoms with Gasteiger partial charge in [-0.3, -0.25) is 9.69 Å². The Morgan fingerprint density at radius 3 is 2.90 bits per heavy atom. The van der Waals surface area contributed by atoms with Crippen molar-refractivity contribution in [1.29, 1.82) is 0 Å². The number of benzene rings is 1. The number of hydrogen-bond donors (Lipinski definition) is 2. The second-order valence-corrected chi connectivity index (χ2v) is 6.22. The average Bonchev–Trinajstić information content (AvgIpc) is 2.81. The third-order valence-electron chi connectivity index (χ3n) is 3.89. The maximum Gasteiger partial charge on any atom is 0.238 e. The lowest BCUT2D eigenvalue weighted by Crippen LogP contribution is -2.32. The summed E-state index contributed by atoms with van der Waals surface area (Å²) in [6.07, 6.45) is 1.17. The van der Waals surface area contributed by atoms with Crippen LogP contribution in [-0.4, -0.2) is 30.4 Å². The molecule has 1 aromatic carbocycles. The maximum absolute atomic E-state index is 12.0. The summed E-state index contributed by atoms with van der Waals surface area (Å²) >= 11 is 6.05. The molecule has 1 aromatic rings. The number of carbonyl (C=O) groups excluding carboxylic acids is 1. The number of nitrogens with one attached hydrogen (secondary N) is 1. The fourth-order valence-corrected chi connectivity index (χ4v) is 2.81. The number of carbonyl (C=O) groups is 1. The Hall–Kier alpha value is -1.26. The molecule has 5 heteroatoms. The number of hydrogen-bond acceptors (Lipinski definition) is 3. The van der Waals surface area contributed by atoms with Crippen LogP contribution in [0.4, 0.5) is 11.4 Å². The molecule has 0 bridgehead atoms. The van der Waals surface area contributed by atoms with E-state index in [1.807, 2.05) is 0 Å². The smallest absolute Gasteiger partial charge is 0.238 e. The molecule has 1 fully saturated rings. The first-order valence-corrected chi connectivity index (χ1v) is 7.40. The lowest BCUT2D eigenvalue weighted by Gasteiger charge is -2.17. The van der Waals surface area contributed by atoms with Gasteiger partial charge in [-0.05, 0) is 43.0 Å². The van der Waals surface area contributed by atoms with E-state index in [-0.39, 0.29) is 5.91 Å². The first-order chi connectivity index (χ1) is 9.45. The molecule has 1 heterocycles. The number of nitrogen functional groups attached to an aromatic ring is 1. The van der Waals surface area contributed by atoms with Crippen molar-refractivity contribution in [3.63, 3.8) is 0 Å².